The zero-order valence-electron chi connectivity index (χ0n) is 11.7. The zero-order valence-corrected chi connectivity index (χ0v) is 11.7. The SMILES string of the molecule is CC1(C)C(C(=O)NCCc2ccccn2)C1(C)C. The second-order valence-electron chi connectivity index (χ2n) is 6.24. The van der Waals surface area contributed by atoms with Gasteiger partial charge in [0.25, 0.3) is 0 Å². The predicted octanol–water partition coefficient (Wildman–Crippen LogP) is 2.42. The van der Waals surface area contributed by atoms with Crippen LogP contribution in [0, 0.1) is 16.7 Å². The lowest BCUT2D eigenvalue weighted by Crippen LogP contribution is -2.29. The fourth-order valence-corrected chi connectivity index (χ4v) is 2.81. The van der Waals surface area contributed by atoms with Crippen LogP contribution >= 0.6 is 0 Å². The first-order chi connectivity index (χ1) is 8.37. The first kappa shape index (κ1) is 13.1. The predicted molar refractivity (Wildman–Crippen MR) is 72.0 cm³/mol. The number of amides is 1. The molecule has 3 heteroatoms. The van der Waals surface area contributed by atoms with Gasteiger partial charge in [-0.15, -0.1) is 0 Å². The van der Waals surface area contributed by atoms with Crippen molar-refractivity contribution in [2.45, 2.75) is 34.1 Å². The summed E-state index contributed by atoms with van der Waals surface area (Å²) < 4.78 is 0. The summed E-state index contributed by atoms with van der Waals surface area (Å²) in [4.78, 5) is 16.3. The molecule has 1 heterocycles. The number of pyridine rings is 1. The van der Waals surface area contributed by atoms with Crippen LogP contribution in [0.15, 0.2) is 24.4 Å². The summed E-state index contributed by atoms with van der Waals surface area (Å²) in [5, 5.41) is 3.03. The van der Waals surface area contributed by atoms with Crippen LogP contribution < -0.4 is 5.32 Å². The van der Waals surface area contributed by atoms with Gasteiger partial charge in [-0.25, -0.2) is 0 Å². The summed E-state index contributed by atoms with van der Waals surface area (Å²) in [6.07, 6.45) is 2.57. The van der Waals surface area contributed by atoms with Crippen molar-refractivity contribution in [1.82, 2.24) is 10.3 Å². The van der Waals surface area contributed by atoms with Crippen molar-refractivity contribution in [2.24, 2.45) is 16.7 Å². The molecule has 1 N–H and O–H groups in total. The molecule has 1 aliphatic carbocycles. The third-order valence-electron chi connectivity index (χ3n) is 4.69. The number of carbonyl (C=O) groups excluding carboxylic acids is 1. The van der Waals surface area contributed by atoms with Gasteiger partial charge in [0.1, 0.15) is 0 Å². The summed E-state index contributed by atoms with van der Waals surface area (Å²) in [6, 6.07) is 5.85. The molecule has 1 amide bonds. The number of hydrogen-bond donors (Lipinski definition) is 1. The maximum absolute atomic E-state index is 12.1. The van der Waals surface area contributed by atoms with Crippen LogP contribution in [0.25, 0.3) is 0 Å². The van der Waals surface area contributed by atoms with E-state index in [1.807, 2.05) is 18.2 Å². The van der Waals surface area contributed by atoms with Crippen molar-refractivity contribution in [3.63, 3.8) is 0 Å². The number of nitrogens with zero attached hydrogens (tertiary/aromatic N) is 1. The molecular formula is C15H22N2O. The van der Waals surface area contributed by atoms with Gasteiger partial charge >= 0.3 is 0 Å². The molecule has 1 aliphatic rings. The van der Waals surface area contributed by atoms with Gasteiger partial charge < -0.3 is 5.32 Å². The van der Waals surface area contributed by atoms with E-state index in [0.717, 1.165) is 12.1 Å². The Morgan fingerprint density at radius 3 is 2.44 bits per heavy atom. The summed E-state index contributed by atoms with van der Waals surface area (Å²) in [5.41, 5.74) is 1.25. The highest BCUT2D eigenvalue weighted by Gasteiger charge is 2.68. The minimum Gasteiger partial charge on any atom is -0.355 e. The van der Waals surface area contributed by atoms with Crippen LogP contribution in [-0.4, -0.2) is 17.4 Å². The van der Waals surface area contributed by atoms with E-state index in [1.54, 1.807) is 6.20 Å². The molecular weight excluding hydrogens is 224 g/mol. The van der Waals surface area contributed by atoms with E-state index in [0.29, 0.717) is 6.54 Å². The molecule has 1 saturated carbocycles. The van der Waals surface area contributed by atoms with Gasteiger partial charge in [-0.2, -0.15) is 0 Å². The Labute approximate surface area is 109 Å². The molecule has 0 spiro atoms. The van der Waals surface area contributed by atoms with E-state index in [2.05, 4.69) is 38.0 Å². The number of nitrogens with one attached hydrogen (secondary N) is 1. The average Bonchev–Trinajstić information content (AvgIpc) is 2.70. The summed E-state index contributed by atoms with van der Waals surface area (Å²) >= 11 is 0. The van der Waals surface area contributed by atoms with E-state index >= 15 is 0 Å². The van der Waals surface area contributed by atoms with Crippen LogP contribution in [0.2, 0.25) is 0 Å². The fourth-order valence-electron chi connectivity index (χ4n) is 2.81. The van der Waals surface area contributed by atoms with Gasteiger partial charge in [0.15, 0.2) is 0 Å². The number of rotatable bonds is 4. The van der Waals surface area contributed by atoms with Crippen LogP contribution in [-0.2, 0) is 11.2 Å². The zero-order chi connectivity index (χ0) is 13.4. The minimum atomic E-state index is 0.113. The molecule has 0 bridgehead atoms. The van der Waals surface area contributed by atoms with Gasteiger partial charge in [-0.3, -0.25) is 9.78 Å². The molecule has 1 aromatic heterocycles. The van der Waals surface area contributed by atoms with Gasteiger partial charge in [-0.05, 0) is 23.0 Å². The van der Waals surface area contributed by atoms with E-state index in [-0.39, 0.29) is 22.7 Å². The maximum atomic E-state index is 12.1. The van der Waals surface area contributed by atoms with Crippen molar-refractivity contribution in [3.8, 4) is 0 Å². The molecule has 0 radical (unpaired) electrons. The van der Waals surface area contributed by atoms with E-state index in [9.17, 15) is 4.79 Å². The monoisotopic (exact) mass is 246 g/mol. The largest absolute Gasteiger partial charge is 0.355 e. The first-order valence-corrected chi connectivity index (χ1v) is 6.55. The highest BCUT2D eigenvalue weighted by atomic mass is 16.2. The van der Waals surface area contributed by atoms with E-state index < -0.39 is 0 Å². The van der Waals surface area contributed by atoms with Crippen molar-refractivity contribution in [3.05, 3.63) is 30.1 Å². The average molecular weight is 246 g/mol. The van der Waals surface area contributed by atoms with Gasteiger partial charge in [0.2, 0.25) is 5.91 Å². The summed E-state index contributed by atoms with van der Waals surface area (Å²) in [6.45, 7) is 9.32. The minimum absolute atomic E-state index is 0.113. The van der Waals surface area contributed by atoms with Crippen molar-refractivity contribution < 1.29 is 4.79 Å². The topological polar surface area (TPSA) is 42.0 Å². The van der Waals surface area contributed by atoms with Crippen LogP contribution in [0.3, 0.4) is 0 Å². The highest BCUT2D eigenvalue weighted by molar-refractivity contribution is 5.84. The number of hydrogen-bond acceptors (Lipinski definition) is 2. The Kier molecular flexibility index (Phi) is 3.18. The summed E-state index contributed by atoms with van der Waals surface area (Å²) in [5.74, 6) is 0.315. The van der Waals surface area contributed by atoms with Crippen LogP contribution in [0.4, 0.5) is 0 Å². The Hall–Kier alpha value is -1.38. The molecule has 1 aromatic rings. The molecule has 0 aliphatic heterocycles. The molecule has 98 valence electrons. The number of carbonyl (C=O) groups is 1. The highest BCUT2D eigenvalue weighted by Crippen LogP contribution is 2.68. The van der Waals surface area contributed by atoms with Crippen molar-refractivity contribution in [1.29, 1.82) is 0 Å². The van der Waals surface area contributed by atoms with Crippen molar-refractivity contribution >= 4 is 5.91 Å². The molecule has 0 saturated heterocycles. The Morgan fingerprint density at radius 2 is 1.94 bits per heavy atom. The Bertz CT molecular complexity index is 423. The molecule has 2 rings (SSSR count). The van der Waals surface area contributed by atoms with E-state index in [4.69, 9.17) is 0 Å². The fraction of sp³-hybridized carbons (Fsp3) is 0.600. The van der Waals surface area contributed by atoms with Crippen molar-refractivity contribution in [2.75, 3.05) is 6.54 Å². The molecule has 1 fully saturated rings. The lowest BCUT2D eigenvalue weighted by molar-refractivity contribution is -0.123. The quantitative estimate of drug-likeness (QED) is 0.886. The van der Waals surface area contributed by atoms with E-state index in [1.165, 1.54) is 0 Å². The normalized spacial score (nSPS) is 20.4. The lowest BCUT2D eigenvalue weighted by atomic mass is 10.0. The lowest BCUT2D eigenvalue weighted by Gasteiger charge is -2.06. The maximum Gasteiger partial charge on any atom is 0.224 e. The van der Waals surface area contributed by atoms with Crippen LogP contribution in [0.5, 0.6) is 0 Å². The molecule has 3 nitrogen and oxygen atoms in total. The molecule has 0 unspecified atom stereocenters. The van der Waals surface area contributed by atoms with Gasteiger partial charge in [0, 0.05) is 30.8 Å². The molecule has 0 atom stereocenters. The first-order valence-electron chi connectivity index (χ1n) is 6.55. The molecule has 18 heavy (non-hydrogen) atoms. The Balaban J connectivity index is 1.81. The Morgan fingerprint density at radius 1 is 1.28 bits per heavy atom. The second kappa shape index (κ2) is 4.38. The van der Waals surface area contributed by atoms with Gasteiger partial charge in [0.05, 0.1) is 0 Å². The third-order valence-corrected chi connectivity index (χ3v) is 4.69. The van der Waals surface area contributed by atoms with Crippen LogP contribution in [0.1, 0.15) is 33.4 Å². The summed E-state index contributed by atoms with van der Waals surface area (Å²) in [7, 11) is 0. The smallest absolute Gasteiger partial charge is 0.224 e. The van der Waals surface area contributed by atoms with Gasteiger partial charge in [-0.1, -0.05) is 33.8 Å². The standard InChI is InChI=1S/C15H22N2O/c1-14(2)12(15(14,3)4)13(18)17-10-8-11-7-5-6-9-16-11/h5-7,9,12H,8,10H2,1-4H3,(H,17,18). The number of aromatic nitrogens is 1. The second-order valence-corrected chi connectivity index (χ2v) is 6.24. The third kappa shape index (κ3) is 2.14. The molecule has 0 aromatic carbocycles.